The predicted molar refractivity (Wildman–Crippen MR) is 101 cm³/mol. The molecular formula is C20H28N2O5. The zero-order valence-corrected chi connectivity index (χ0v) is 16.0. The molecule has 1 aromatic rings. The molecule has 2 N–H and O–H groups in total. The van der Waals surface area contributed by atoms with Crippen LogP contribution < -0.4 is 20.1 Å². The van der Waals surface area contributed by atoms with Gasteiger partial charge in [0.05, 0.1) is 12.2 Å². The van der Waals surface area contributed by atoms with Crippen molar-refractivity contribution in [2.45, 2.75) is 64.5 Å². The molecule has 7 nitrogen and oxygen atoms in total. The second-order valence-electron chi connectivity index (χ2n) is 6.72. The fourth-order valence-electron chi connectivity index (χ4n) is 2.95. The van der Waals surface area contributed by atoms with Gasteiger partial charge in [0.2, 0.25) is 0 Å². The van der Waals surface area contributed by atoms with Gasteiger partial charge in [-0.1, -0.05) is 26.2 Å². The van der Waals surface area contributed by atoms with Gasteiger partial charge in [-0.05, 0) is 38.3 Å². The Kier molecular flexibility index (Phi) is 8.10. The summed E-state index contributed by atoms with van der Waals surface area (Å²) in [7, 11) is 0. The van der Waals surface area contributed by atoms with Crippen molar-refractivity contribution in [3.8, 4) is 11.5 Å². The SMILES string of the molecule is CCCOc1ccc(C=O)c(O[C@@H](C)C(=O)NC(=O)NC2CCCCC2)c1. The van der Waals surface area contributed by atoms with E-state index in [1.54, 1.807) is 18.2 Å². The summed E-state index contributed by atoms with van der Waals surface area (Å²) in [5, 5.41) is 5.12. The van der Waals surface area contributed by atoms with E-state index in [9.17, 15) is 14.4 Å². The minimum absolute atomic E-state index is 0.108. The number of carbonyl (C=O) groups is 3. The zero-order valence-electron chi connectivity index (χ0n) is 16.0. The number of hydrogen-bond donors (Lipinski definition) is 2. The van der Waals surface area contributed by atoms with E-state index >= 15 is 0 Å². The Morgan fingerprint density at radius 3 is 2.67 bits per heavy atom. The summed E-state index contributed by atoms with van der Waals surface area (Å²) in [5.41, 5.74) is 0.310. The van der Waals surface area contributed by atoms with Crippen LogP contribution in [0.15, 0.2) is 18.2 Å². The number of aldehydes is 1. The number of amides is 3. The number of urea groups is 1. The third-order valence-corrected chi connectivity index (χ3v) is 4.43. The minimum atomic E-state index is -0.942. The molecular weight excluding hydrogens is 348 g/mol. The molecule has 0 saturated heterocycles. The van der Waals surface area contributed by atoms with Crippen LogP contribution in [0.1, 0.15) is 62.7 Å². The first-order valence-corrected chi connectivity index (χ1v) is 9.53. The monoisotopic (exact) mass is 376 g/mol. The second-order valence-corrected chi connectivity index (χ2v) is 6.72. The molecule has 1 aromatic carbocycles. The first-order chi connectivity index (χ1) is 13.0. The van der Waals surface area contributed by atoms with E-state index in [2.05, 4.69) is 10.6 Å². The van der Waals surface area contributed by atoms with E-state index in [0.717, 1.165) is 32.1 Å². The summed E-state index contributed by atoms with van der Waals surface area (Å²) in [4.78, 5) is 35.5. The van der Waals surface area contributed by atoms with E-state index in [-0.39, 0.29) is 11.8 Å². The maximum Gasteiger partial charge on any atom is 0.321 e. The molecule has 1 atom stereocenters. The largest absolute Gasteiger partial charge is 0.493 e. The smallest absolute Gasteiger partial charge is 0.321 e. The van der Waals surface area contributed by atoms with Crippen molar-refractivity contribution in [3.63, 3.8) is 0 Å². The summed E-state index contributed by atoms with van der Waals surface area (Å²) in [6, 6.07) is 4.42. The molecule has 1 fully saturated rings. The summed E-state index contributed by atoms with van der Waals surface area (Å²) in [5.74, 6) is 0.231. The number of hydrogen-bond acceptors (Lipinski definition) is 5. The highest BCUT2D eigenvalue weighted by Crippen LogP contribution is 2.25. The van der Waals surface area contributed by atoms with E-state index < -0.39 is 18.0 Å². The number of rotatable bonds is 8. The molecule has 0 heterocycles. The van der Waals surface area contributed by atoms with Gasteiger partial charge >= 0.3 is 6.03 Å². The van der Waals surface area contributed by atoms with Gasteiger partial charge in [-0.25, -0.2) is 4.79 Å². The molecule has 0 aliphatic heterocycles. The van der Waals surface area contributed by atoms with E-state index in [0.29, 0.717) is 24.2 Å². The number of benzene rings is 1. The normalized spacial score (nSPS) is 15.5. The Bertz CT molecular complexity index is 656. The van der Waals surface area contributed by atoms with Crippen molar-refractivity contribution in [1.82, 2.24) is 10.6 Å². The number of carbonyl (C=O) groups excluding carboxylic acids is 3. The lowest BCUT2D eigenvalue weighted by Gasteiger charge is -2.23. The third kappa shape index (κ3) is 6.58. The Balaban J connectivity index is 1.92. The highest BCUT2D eigenvalue weighted by Gasteiger charge is 2.21. The second kappa shape index (κ2) is 10.5. The van der Waals surface area contributed by atoms with E-state index in [1.807, 2.05) is 6.92 Å². The molecule has 0 aromatic heterocycles. The van der Waals surface area contributed by atoms with Crippen LogP contribution in [0.4, 0.5) is 4.79 Å². The quantitative estimate of drug-likeness (QED) is 0.680. The molecule has 3 amide bonds. The van der Waals surface area contributed by atoms with Crippen LogP contribution in [0, 0.1) is 0 Å². The summed E-state index contributed by atoms with van der Waals surface area (Å²) in [6.45, 7) is 4.05. The van der Waals surface area contributed by atoms with Crippen molar-refractivity contribution in [2.24, 2.45) is 0 Å². The first-order valence-electron chi connectivity index (χ1n) is 9.53. The third-order valence-electron chi connectivity index (χ3n) is 4.43. The molecule has 2 rings (SSSR count). The van der Waals surface area contributed by atoms with Gasteiger partial charge in [0.15, 0.2) is 12.4 Å². The van der Waals surface area contributed by atoms with Crippen LogP contribution in [0.5, 0.6) is 11.5 Å². The standard InChI is InChI=1S/C20H28N2O5/c1-3-11-26-17-10-9-15(13-23)18(12-17)27-14(2)19(24)22-20(25)21-16-7-5-4-6-8-16/h9-10,12-14,16H,3-8,11H2,1-2H3,(H2,21,22,24,25)/t14-/m0/s1. The molecule has 1 aliphatic carbocycles. The molecule has 1 saturated carbocycles. The van der Waals surface area contributed by atoms with Crippen molar-refractivity contribution in [2.75, 3.05) is 6.61 Å². The van der Waals surface area contributed by atoms with Crippen molar-refractivity contribution < 1.29 is 23.9 Å². The summed E-state index contributed by atoms with van der Waals surface area (Å²) < 4.78 is 11.1. The van der Waals surface area contributed by atoms with Gasteiger partial charge in [0.25, 0.3) is 5.91 Å². The average molecular weight is 376 g/mol. The Morgan fingerprint density at radius 2 is 2.00 bits per heavy atom. The maximum absolute atomic E-state index is 12.2. The lowest BCUT2D eigenvalue weighted by molar-refractivity contribution is -0.126. The Hall–Kier alpha value is -2.57. The van der Waals surface area contributed by atoms with Gasteiger partial charge in [-0.15, -0.1) is 0 Å². The predicted octanol–water partition coefficient (Wildman–Crippen LogP) is 3.21. The van der Waals surface area contributed by atoms with Gasteiger partial charge < -0.3 is 14.8 Å². The molecule has 148 valence electrons. The van der Waals surface area contributed by atoms with Crippen molar-refractivity contribution >= 4 is 18.2 Å². The molecule has 0 spiro atoms. The van der Waals surface area contributed by atoms with Crippen LogP contribution in [-0.4, -0.2) is 37.0 Å². The highest BCUT2D eigenvalue weighted by atomic mass is 16.5. The summed E-state index contributed by atoms with van der Waals surface area (Å²) in [6.07, 6.45) is 5.78. The lowest BCUT2D eigenvalue weighted by Crippen LogP contribution is -2.48. The minimum Gasteiger partial charge on any atom is -0.493 e. The van der Waals surface area contributed by atoms with Crippen molar-refractivity contribution in [1.29, 1.82) is 0 Å². The summed E-state index contributed by atoms with van der Waals surface area (Å²) >= 11 is 0. The van der Waals surface area contributed by atoms with Gasteiger partial charge in [0.1, 0.15) is 11.5 Å². The Morgan fingerprint density at radius 1 is 1.26 bits per heavy atom. The van der Waals surface area contributed by atoms with Crippen LogP contribution >= 0.6 is 0 Å². The average Bonchev–Trinajstić information content (AvgIpc) is 2.67. The first kappa shape index (κ1) is 20.7. The highest BCUT2D eigenvalue weighted by molar-refractivity contribution is 5.96. The van der Waals surface area contributed by atoms with Crippen LogP contribution in [0.25, 0.3) is 0 Å². The van der Waals surface area contributed by atoms with E-state index in [1.165, 1.54) is 13.3 Å². The van der Waals surface area contributed by atoms with Gasteiger partial charge in [-0.3, -0.25) is 14.9 Å². The van der Waals surface area contributed by atoms with Crippen LogP contribution in [-0.2, 0) is 4.79 Å². The molecule has 0 unspecified atom stereocenters. The topological polar surface area (TPSA) is 93.7 Å². The Labute approximate surface area is 159 Å². The molecule has 27 heavy (non-hydrogen) atoms. The molecule has 1 aliphatic rings. The fourth-order valence-corrected chi connectivity index (χ4v) is 2.95. The zero-order chi connectivity index (χ0) is 19.6. The number of imide groups is 1. The number of nitrogens with one attached hydrogen (secondary N) is 2. The van der Waals surface area contributed by atoms with Crippen LogP contribution in [0.3, 0.4) is 0 Å². The van der Waals surface area contributed by atoms with Crippen molar-refractivity contribution in [3.05, 3.63) is 23.8 Å². The van der Waals surface area contributed by atoms with Gasteiger partial charge in [-0.2, -0.15) is 0 Å². The van der Waals surface area contributed by atoms with E-state index in [4.69, 9.17) is 9.47 Å². The molecule has 0 bridgehead atoms. The molecule has 0 radical (unpaired) electrons. The van der Waals surface area contributed by atoms with Gasteiger partial charge in [0, 0.05) is 12.1 Å². The fraction of sp³-hybridized carbons (Fsp3) is 0.550. The van der Waals surface area contributed by atoms with Crippen LogP contribution in [0.2, 0.25) is 0 Å². The number of ether oxygens (including phenoxy) is 2. The lowest BCUT2D eigenvalue weighted by atomic mass is 9.96. The maximum atomic E-state index is 12.2. The molecule has 7 heteroatoms.